The van der Waals surface area contributed by atoms with Crippen molar-refractivity contribution in [2.75, 3.05) is 0 Å². The molecule has 0 saturated carbocycles. The maximum atomic E-state index is 8.86. The zero-order chi connectivity index (χ0) is 10.0. The van der Waals surface area contributed by atoms with Gasteiger partial charge in [-0.05, 0) is 44.4 Å². The third-order valence-corrected chi connectivity index (χ3v) is 2.36. The molecule has 0 bridgehead atoms. The Morgan fingerprint density at radius 1 is 1.15 bits per heavy atom. The van der Waals surface area contributed by atoms with Gasteiger partial charge in [-0.15, -0.1) is 0 Å². The first-order valence-electron chi connectivity index (χ1n) is 4.53. The minimum absolute atomic E-state index is 0.000556. The Hall–Kier alpha value is -1.29. The first-order chi connectivity index (χ1) is 6.06. The predicted molar refractivity (Wildman–Crippen MR) is 54.7 cm³/mol. The zero-order valence-corrected chi connectivity index (χ0v) is 8.68. The maximum Gasteiger partial charge on any atom is 0.0701 e. The van der Waals surface area contributed by atoms with Crippen LogP contribution in [0.25, 0.3) is 0 Å². The molecule has 0 spiro atoms. The molecule has 68 valence electrons. The van der Waals surface area contributed by atoms with E-state index in [1.54, 1.807) is 0 Å². The van der Waals surface area contributed by atoms with Crippen molar-refractivity contribution in [2.24, 2.45) is 0 Å². The van der Waals surface area contributed by atoms with Crippen molar-refractivity contribution < 1.29 is 0 Å². The highest BCUT2D eigenvalue weighted by molar-refractivity contribution is 5.41. The Balaban J connectivity index is 3.30. The summed E-state index contributed by atoms with van der Waals surface area (Å²) in [5, 5.41) is 8.86. The van der Waals surface area contributed by atoms with Gasteiger partial charge in [0.1, 0.15) is 0 Å². The monoisotopic (exact) mass is 173 g/mol. The Morgan fingerprint density at radius 3 is 2.00 bits per heavy atom. The lowest BCUT2D eigenvalue weighted by Gasteiger charge is -2.12. The van der Waals surface area contributed by atoms with Crippen LogP contribution in [0, 0.1) is 32.1 Å². The summed E-state index contributed by atoms with van der Waals surface area (Å²) in [6, 6.07) is 6.55. The van der Waals surface area contributed by atoms with E-state index in [4.69, 9.17) is 5.26 Å². The Labute approximate surface area is 80.0 Å². The Kier molecular flexibility index (Phi) is 2.72. The topological polar surface area (TPSA) is 23.8 Å². The number of rotatable bonds is 1. The molecule has 0 heterocycles. The smallest absolute Gasteiger partial charge is 0.0701 e. The molecule has 0 N–H and O–H groups in total. The van der Waals surface area contributed by atoms with E-state index in [1.165, 1.54) is 22.3 Å². The van der Waals surface area contributed by atoms with Crippen LogP contribution in [0.2, 0.25) is 0 Å². The number of benzene rings is 1. The molecule has 1 rings (SSSR count). The lowest BCUT2D eigenvalue weighted by Crippen LogP contribution is -1.98. The molecular weight excluding hydrogens is 158 g/mol. The van der Waals surface area contributed by atoms with Crippen LogP contribution < -0.4 is 0 Å². The SMILES string of the molecule is Cc1cc(C)c([C@@H](C)C#N)c(C)c1. The summed E-state index contributed by atoms with van der Waals surface area (Å²) < 4.78 is 0. The highest BCUT2D eigenvalue weighted by Crippen LogP contribution is 2.24. The van der Waals surface area contributed by atoms with Gasteiger partial charge in [0.05, 0.1) is 12.0 Å². The second-order valence-corrected chi connectivity index (χ2v) is 3.66. The van der Waals surface area contributed by atoms with Gasteiger partial charge in [-0.2, -0.15) is 5.26 Å². The summed E-state index contributed by atoms with van der Waals surface area (Å²) in [6.45, 7) is 8.18. The van der Waals surface area contributed by atoms with E-state index in [0.29, 0.717) is 0 Å². The standard InChI is InChI=1S/C12H15N/c1-8-5-9(2)12(10(3)6-8)11(4)7-13/h5-6,11H,1-4H3/t11-/m0/s1. The lowest BCUT2D eigenvalue weighted by molar-refractivity contribution is 0.948. The van der Waals surface area contributed by atoms with Crippen molar-refractivity contribution in [3.8, 4) is 6.07 Å². The molecule has 1 heteroatoms. The van der Waals surface area contributed by atoms with Gasteiger partial charge in [0.15, 0.2) is 0 Å². The second kappa shape index (κ2) is 3.62. The van der Waals surface area contributed by atoms with E-state index in [1.807, 2.05) is 6.92 Å². The first kappa shape index (κ1) is 9.80. The molecule has 0 aliphatic carbocycles. The maximum absolute atomic E-state index is 8.86. The number of nitrogens with zero attached hydrogens (tertiary/aromatic N) is 1. The van der Waals surface area contributed by atoms with Crippen molar-refractivity contribution in [3.05, 3.63) is 34.4 Å². The van der Waals surface area contributed by atoms with Crippen molar-refractivity contribution in [1.29, 1.82) is 5.26 Å². The van der Waals surface area contributed by atoms with Crippen LogP contribution >= 0.6 is 0 Å². The molecule has 1 atom stereocenters. The molecule has 0 amide bonds. The average molecular weight is 173 g/mol. The molecule has 1 nitrogen and oxygen atoms in total. The van der Waals surface area contributed by atoms with E-state index in [0.717, 1.165) is 0 Å². The third-order valence-electron chi connectivity index (χ3n) is 2.36. The average Bonchev–Trinajstić information content (AvgIpc) is 2.02. The number of hydrogen-bond donors (Lipinski definition) is 0. The van der Waals surface area contributed by atoms with Crippen LogP contribution in [0.1, 0.15) is 35.1 Å². The highest BCUT2D eigenvalue weighted by Gasteiger charge is 2.10. The quantitative estimate of drug-likeness (QED) is 0.639. The molecule has 0 aliphatic rings. The predicted octanol–water partition coefficient (Wildman–Crippen LogP) is 3.24. The number of nitriles is 1. The van der Waals surface area contributed by atoms with Gasteiger partial charge >= 0.3 is 0 Å². The fraction of sp³-hybridized carbons (Fsp3) is 0.417. The minimum atomic E-state index is 0.000556. The molecule has 0 fully saturated rings. The number of hydrogen-bond acceptors (Lipinski definition) is 1. The Bertz CT molecular complexity index is 335. The number of aryl methyl sites for hydroxylation is 3. The lowest BCUT2D eigenvalue weighted by atomic mass is 9.91. The van der Waals surface area contributed by atoms with Crippen LogP contribution in [0.15, 0.2) is 12.1 Å². The van der Waals surface area contributed by atoms with Gasteiger partial charge in [0, 0.05) is 0 Å². The van der Waals surface area contributed by atoms with Gasteiger partial charge in [-0.3, -0.25) is 0 Å². The molecule has 1 aromatic rings. The fourth-order valence-electron chi connectivity index (χ4n) is 1.94. The molecule has 0 aliphatic heterocycles. The molecule has 0 radical (unpaired) electrons. The third kappa shape index (κ3) is 1.89. The van der Waals surface area contributed by atoms with Crippen LogP contribution in [0.5, 0.6) is 0 Å². The van der Waals surface area contributed by atoms with E-state index in [9.17, 15) is 0 Å². The normalized spacial score (nSPS) is 12.2. The minimum Gasteiger partial charge on any atom is -0.198 e. The van der Waals surface area contributed by atoms with Gasteiger partial charge in [-0.1, -0.05) is 17.7 Å². The van der Waals surface area contributed by atoms with Crippen LogP contribution in [-0.2, 0) is 0 Å². The van der Waals surface area contributed by atoms with E-state index < -0.39 is 0 Å². The van der Waals surface area contributed by atoms with Gasteiger partial charge in [0.25, 0.3) is 0 Å². The summed E-state index contributed by atoms with van der Waals surface area (Å²) in [5.41, 5.74) is 4.91. The van der Waals surface area contributed by atoms with Crippen molar-refractivity contribution in [2.45, 2.75) is 33.6 Å². The van der Waals surface area contributed by atoms with Gasteiger partial charge < -0.3 is 0 Å². The van der Waals surface area contributed by atoms with Gasteiger partial charge in [-0.25, -0.2) is 0 Å². The molecule has 0 unspecified atom stereocenters. The Morgan fingerprint density at radius 2 is 1.62 bits per heavy atom. The molecule has 0 saturated heterocycles. The van der Waals surface area contributed by atoms with Crippen molar-refractivity contribution in [1.82, 2.24) is 0 Å². The largest absolute Gasteiger partial charge is 0.198 e. The summed E-state index contributed by atoms with van der Waals surface area (Å²) >= 11 is 0. The van der Waals surface area contributed by atoms with E-state index in [-0.39, 0.29) is 5.92 Å². The molecular formula is C12H15N. The van der Waals surface area contributed by atoms with E-state index in [2.05, 4.69) is 39.0 Å². The zero-order valence-electron chi connectivity index (χ0n) is 8.68. The molecule has 1 aromatic carbocycles. The molecule has 0 aromatic heterocycles. The van der Waals surface area contributed by atoms with Crippen LogP contribution in [0.3, 0.4) is 0 Å². The van der Waals surface area contributed by atoms with Crippen molar-refractivity contribution in [3.63, 3.8) is 0 Å². The van der Waals surface area contributed by atoms with E-state index >= 15 is 0 Å². The van der Waals surface area contributed by atoms with Crippen LogP contribution in [-0.4, -0.2) is 0 Å². The molecule has 13 heavy (non-hydrogen) atoms. The summed E-state index contributed by atoms with van der Waals surface area (Å²) in [6.07, 6.45) is 0. The van der Waals surface area contributed by atoms with Crippen LogP contribution in [0.4, 0.5) is 0 Å². The summed E-state index contributed by atoms with van der Waals surface area (Å²) in [5.74, 6) is 0.000556. The first-order valence-corrected chi connectivity index (χ1v) is 4.53. The highest BCUT2D eigenvalue weighted by atomic mass is 14.3. The van der Waals surface area contributed by atoms with Crippen molar-refractivity contribution >= 4 is 0 Å². The van der Waals surface area contributed by atoms with Gasteiger partial charge in [0.2, 0.25) is 0 Å². The summed E-state index contributed by atoms with van der Waals surface area (Å²) in [4.78, 5) is 0. The second-order valence-electron chi connectivity index (χ2n) is 3.66. The fourth-order valence-corrected chi connectivity index (χ4v) is 1.94. The summed E-state index contributed by atoms with van der Waals surface area (Å²) in [7, 11) is 0.